The van der Waals surface area contributed by atoms with Gasteiger partial charge < -0.3 is 20.3 Å². The molecular weight excluding hydrogens is 318 g/mol. The van der Waals surface area contributed by atoms with Crippen LogP contribution in [0.3, 0.4) is 0 Å². The van der Waals surface area contributed by atoms with Gasteiger partial charge in [-0.3, -0.25) is 9.59 Å². The van der Waals surface area contributed by atoms with Gasteiger partial charge in [0.2, 0.25) is 5.66 Å². The fourth-order valence-corrected chi connectivity index (χ4v) is 3.63. The zero-order valence-corrected chi connectivity index (χ0v) is 14.1. The molecule has 6 heteroatoms. The molecule has 0 fully saturated rings. The van der Waals surface area contributed by atoms with Crippen molar-refractivity contribution in [2.75, 3.05) is 24.3 Å². The van der Waals surface area contributed by atoms with Gasteiger partial charge in [-0.05, 0) is 30.7 Å². The number of hydrogen-bond donors (Lipinski definition) is 2. The standard InChI is InChI=1S/C19H19N3O3/c1-3-10-22-17(23)13-6-4-5-7-15(13)21-19(22)14-9-8-12(25-2)11-16(14)20-18(19)24/h4-9,11,21H,3,10H2,1-2H3,(H,20,24)/t19-/m1/s1. The van der Waals surface area contributed by atoms with E-state index in [0.29, 0.717) is 29.2 Å². The van der Waals surface area contributed by atoms with Gasteiger partial charge in [0.05, 0.1) is 18.4 Å². The number of anilines is 2. The minimum Gasteiger partial charge on any atom is -0.497 e. The van der Waals surface area contributed by atoms with Gasteiger partial charge in [0.1, 0.15) is 5.75 Å². The average Bonchev–Trinajstić information content (AvgIpc) is 2.90. The maximum atomic E-state index is 13.1. The first kappa shape index (κ1) is 15.5. The summed E-state index contributed by atoms with van der Waals surface area (Å²) in [5.74, 6) is 0.253. The van der Waals surface area contributed by atoms with E-state index in [-0.39, 0.29) is 11.8 Å². The maximum Gasteiger partial charge on any atom is 0.276 e. The number of benzene rings is 2. The van der Waals surface area contributed by atoms with Crippen molar-refractivity contribution in [1.29, 1.82) is 0 Å². The topological polar surface area (TPSA) is 70.7 Å². The number of carbonyl (C=O) groups is 2. The molecule has 4 rings (SSSR count). The first-order valence-electron chi connectivity index (χ1n) is 8.31. The third kappa shape index (κ3) is 2.03. The molecule has 2 aliphatic heterocycles. The SMILES string of the molecule is CCCN1C(=O)c2ccccc2N[C@@]12C(=O)Nc1cc(OC)ccc12. The molecule has 25 heavy (non-hydrogen) atoms. The van der Waals surface area contributed by atoms with Gasteiger partial charge in [0.15, 0.2) is 0 Å². The van der Waals surface area contributed by atoms with Gasteiger partial charge in [-0.2, -0.15) is 0 Å². The Labute approximate surface area is 145 Å². The number of hydrogen-bond acceptors (Lipinski definition) is 4. The second-order valence-corrected chi connectivity index (χ2v) is 6.20. The molecule has 6 nitrogen and oxygen atoms in total. The Balaban J connectivity index is 1.93. The molecule has 0 saturated heterocycles. The lowest BCUT2D eigenvalue weighted by Crippen LogP contribution is -2.61. The number of amides is 2. The molecule has 0 saturated carbocycles. The molecule has 0 aliphatic carbocycles. The van der Waals surface area contributed by atoms with Crippen LogP contribution in [-0.2, 0) is 10.5 Å². The van der Waals surface area contributed by atoms with E-state index in [1.807, 2.05) is 31.2 Å². The van der Waals surface area contributed by atoms with Crippen LogP contribution in [0.5, 0.6) is 5.75 Å². The Hall–Kier alpha value is -3.02. The summed E-state index contributed by atoms with van der Waals surface area (Å²) in [7, 11) is 1.58. The number of nitrogens with zero attached hydrogens (tertiary/aromatic N) is 1. The maximum absolute atomic E-state index is 13.1. The van der Waals surface area contributed by atoms with Gasteiger partial charge in [-0.1, -0.05) is 19.1 Å². The van der Waals surface area contributed by atoms with E-state index in [1.165, 1.54) is 0 Å². The van der Waals surface area contributed by atoms with Crippen molar-refractivity contribution in [2.45, 2.75) is 19.0 Å². The van der Waals surface area contributed by atoms with E-state index in [1.54, 1.807) is 30.2 Å². The molecule has 2 heterocycles. The van der Waals surface area contributed by atoms with Crippen LogP contribution in [-0.4, -0.2) is 30.4 Å². The summed E-state index contributed by atoms with van der Waals surface area (Å²) in [5.41, 5.74) is 1.40. The van der Waals surface area contributed by atoms with E-state index in [0.717, 1.165) is 12.0 Å². The Morgan fingerprint density at radius 3 is 2.68 bits per heavy atom. The van der Waals surface area contributed by atoms with E-state index in [4.69, 9.17) is 4.74 Å². The fraction of sp³-hybridized carbons (Fsp3) is 0.263. The smallest absolute Gasteiger partial charge is 0.276 e. The highest BCUT2D eigenvalue weighted by Gasteiger charge is 2.56. The Bertz CT molecular complexity index is 880. The minimum absolute atomic E-state index is 0.144. The lowest BCUT2D eigenvalue weighted by molar-refractivity contribution is -0.125. The lowest BCUT2D eigenvalue weighted by Gasteiger charge is -2.44. The van der Waals surface area contributed by atoms with Gasteiger partial charge in [-0.25, -0.2) is 0 Å². The summed E-state index contributed by atoms with van der Waals surface area (Å²) in [4.78, 5) is 27.8. The molecule has 0 bridgehead atoms. The molecule has 2 aromatic rings. The van der Waals surface area contributed by atoms with Crippen molar-refractivity contribution in [3.8, 4) is 5.75 Å². The lowest BCUT2D eigenvalue weighted by atomic mass is 9.92. The molecular formula is C19H19N3O3. The van der Waals surface area contributed by atoms with E-state index < -0.39 is 5.66 Å². The molecule has 1 spiro atoms. The summed E-state index contributed by atoms with van der Waals surface area (Å²) >= 11 is 0. The second-order valence-electron chi connectivity index (χ2n) is 6.20. The highest BCUT2D eigenvalue weighted by Crippen LogP contribution is 2.46. The highest BCUT2D eigenvalue weighted by atomic mass is 16.5. The van der Waals surface area contributed by atoms with Gasteiger partial charge in [-0.15, -0.1) is 0 Å². The van der Waals surface area contributed by atoms with Crippen LogP contribution < -0.4 is 15.4 Å². The van der Waals surface area contributed by atoms with Crippen molar-refractivity contribution < 1.29 is 14.3 Å². The van der Waals surface area contributed by atoms with Crippen LogP contribution in [0.2, 0.25) is 0 Å². The third-order valence-corrected chi connectivity index (χ3v) is 4.76. The van der Waals surface area contributed by atoms with Crippen molar-refractivity contribution in [2.24, 2.45) is 0 Å². The Kier molecular flexibility index (Phi) is 3.42. The monoisotopic (exact) mass is 337 g/mol. The highest BCUT2D eigenvalue weighted by molar-refractivity contribution is 6.14. The zero-order chi connectivity index (χ0) is 17.6. The molecule has 128 valence electrons. The van der Waals surface area contributed by atoms with Crippen LogP contribution >= 0.6 is 0 Å². The number of ether oxygens (including phenoxy) is 1. The van der Waals surface area contributed by atoms with E-state index in [9.17, 15) is 9.59 Å². The van der Waals surface area contributed by atoms with Crippen LogP contribution in [0.1, 0.15) is 29.3 Å². The number of para-hydroxylation sites is 1. The molecule has 2 aliphatic rings. The van der Waals surface area contributed by atoms with Crippen molar-refractivity contribution in [3.05, 3.63) is 53.6 Å². The summed E-state index contributed by atoms with van der Waals surface area (Å²) in [6.45, 7) is 2.46. The van der Waals surface area contributed by atoms with E-state index in [2.05, 4.69) is 10.6 Å². The van der Waals surface area contributed by atoms with Gasteiger partial charge >= 0.3 is 0 Å². The van der Waals surface area contributed by atoms with Gasteiger partial charge in [0, 0.05) is 23.9 Å². The quantitative estimate of drug-likeness (QED) is 0.903. The third-order valence-electron chi connectivity index (χ3n) is 4.76. The molecule has 2 N–H and O–H groups in total. The summed E-state index contributed by atoms with van der Waals surface area (Å²) in [5, 5.41) is 6.23. The van der Waals surface area contributed by atoms with Crippen LogP contribution in [0.25, 0.3) is 0 Å². The number of nitrogens with one attached hydrogen (secondary N) is 2. The summed E-state index contributed by atoms with van der Waals surface area (Å²) < 4.78 is 5.25. The second kappa shape index (κ2) is 5.51. The number of carbonyl (C=O) groups excluding carboxylic acids is 2. The normalized spacial score (nSPS) is 20.8. The number of fused-ring (bicyclic) bond motifs is 3. The molecule has 0 unspecified atom stereocenters. The van der Waals surface area contributed by atoms with Crippen molar-refractivity contribution in [1.82, 2.24) is 4.90 Å². The van der Waals surface area contributed by atoms with E-state index >= 15 is 0 Å². The van der Waals surface area contributed by atoms with Crippen LogP contribution in [0.4, 0.5) is 11.4 Å². The summed E-state index contributed by atoms with van der Waals surface area (Å²) in [6, 6.07) is 12.7. The molecule has 0 radical (unpaired) electrons. The average molecular weight is 337 g/mol. The summed E-state index contributed by atoms with van der Waals surface area (Å²) in [6.07, 6.45) is 0.746. The van der Waals surface area contributed by atoms with Crippen LogP contribution in [0, 0.1) is 0 Å². The van der Waals surface area contributed by atoms with Crippen LogP contribution in [0.15, 0.2) is 42.5 Å². The Morgan fingerprint density at radius 2 is 1.92 bits per heavy atom. The molecule has 2 amide bonds. The number of rotatable bonds is 3. The first-order valence-corrected chi connectivity index (χ1v) is 8.31. The fourth-order valence-electron chi connectivity index (χ4n) is 3.63. The Morgan fingerprint density at radius 1 is 1.12 bits per heavy atom. The predicted octanol–water partition coefficient (Wildman–Crippen LogP) is 2.78. The molecule has 0 aromatic heterocycles. The number of methoxy groups -OCH3 is 1. The predicted molar refractivity (Wildman–Crippen MR) is 94.7 cm³/mol. The molecule has 1 atom stereocenters. The zero-order valence-electron chi connectivity index (χ0n) is 14.1. The largest absolute Gasteiger partial charge is 0.497 e. The minimum atomic E-state index is -1.23. The van der Waals surface area contributed by atoms with Crippen molar-refractivity contribution in [3.63, 3.8) is 0 Å². The molecule has 2 aromatic carbocycles. The van der Waals surface area contributed by atoms with Gasteiger partial charge in [0.25, 0.3) is 11.8 Å². The van der Waals surface area contributed by atoms with Crippen molar-refractivity contribution >= 4 is 23.2 Å². The first-order chi connectivity index (χ1) is 12.1.